The van der Waals surface area contributed by atoms with Crippen molar-refractivity contribution in [3.63, 3.8) is 0 Å². The Morgan fingerprint density at radius 3 is 1.85 bits per heavy atom. The van der Waals surface area contributed by atoms with E-state index in [0.29, 0.717) is 22.6 Å². The molecule has 0 saturated heterocycles. The van der Waals surface area contributed by atoms with Gasteiger partial charge in [0, 0.05) is 11.8 Å². The first-order valence-corrected chi connectivity index (χ1v) is 12.9. The number of rotatable bonds is 8. The molecule has 0 aliphatic heterocycles. The zero-order valence-electron chi connectivity index (χ0n) is 19.0. The van der Waals surface area contributed by atoms with Crippen LogP contribution in [0.1, 0.15) is 16.7 Å². The van der Waals surface area contributed by atoms with Crippen molar-refractivity contribution in [1.29, 1.82) is 0 Å². The van der Waals surface area contributed by atoms with Crippen LogP contribution >= 0.6 is 0 Å². The topological polar surface area (TPSA) is 111 Å². The molecule has 0 amide bonds. The molecule has 0 radical (unpaired) electrons. The molecule has 0 heterocycles. The molecule has 0 fully saturated rings. The number of sulfonamides is 2. The van der Waals surface area contributed by atoms with E-state index in [4.69, 9.17) is 9.47 Å². The Labute approximate surface area is 194 Å². The SMILES string of the molecule is COc1ccc(NS(=O)(=O)c2ccc(NS(=O)(=O)c3c(C)cc(C)cc3C)cc2)c(OC)c1. The van der Waals surface area contributed by atoms with Gasteiger partial charge in [-0.15, -0.1) is 0 Å². The molecule has 0 atom stereocenters. The highest BCUT2D eigenvalue weighted by Gasteiger charge is 2.21. The van der Waals surface area contributed by atoms with Crippen molar-refractivity contribution in [2.45, 2.75) is 30.6 Å². The number of benzene rings is 3. The summed E-state index contributed by atoms with van der Waals surface area (Å²) in [5.41, 5.74) is 2.73. The van der Waals surface area contributed by atoms with Crippen molar-refractivity contribution in [3.05, 3.63) is 71.3 Å². The Kier molecular flexibility index (Phi) is 6.89. The molecule has 0 aliphatic rings. The first-order chi connectivity index (χ1) is 15.5. The summed E-state index contributed by atoms with van der Waals surface area (Å²) in [4.78, 5) is 0.170. The molecule has 0 bridgehead atoms. The van der Waals surface area contributed by atoms with Gasteiger partial charge in [-0.3, -0.25) is 9.44 Å². The minimum atomic E-state index is -3.94. The fourth-order valence-electron chi connectivity index (χ4n) is 3.59. The summed E-state index contributed by atoms with van der Waals surface area (Å²) in [6, 6.07) is 13.7. The van der Waals surface area contributed by atoms with Gasteiger partial charge in [-0.05, 0) is 68.3 Å². The van der Waals surface area contributed by atoms with Gasteiger partial charge in [-0.25, -0.2) is 16.8 Å². The molecule has 0 aliphatic carbocycles. The summed E-state index contributed by atoms with van der Waals surface area (Å²) in [5, 5.41) is 0. The van der Waals surface area contributed by atoms with Crippen molar-refractivity contribution in [1.82, 2.24) is 0 Å². The van der Waals surface area contributed by atoms with Crippen LogP contribution in [-0.2, 0) is 20.0 Å². The average Bonchev–Trinajstić information content (AvgIpc) is 2.72. The van der Waals surface area contributed by atoms with Gasteiger partial charge < -0.3 is 9.47 Å². The van der Waals surface area contributed by atoms with Gasteiger partial charge in [0.2, 0.25) is 0 Å². The zero-order valence-corrected chi connectivity index (χ0v) is 20.6. The number of anilines is 2. The summed E-state index contributed by atoms with van der Waals surface area (Å²) in [6.45, 7) is 5.38. The van der Waals surface area contributed by atoms with Crippen molar-refractivity contribution in [2.24, 2.45) is 0 Å². The van der Waals surface area contributed by atoms with Gasteiger partial charge in [0.1, 0.15) is 11.5 Å². The third-order valence-corrected chi connectivity index (χ3v) is 8.01. The molecule has 3 aromatic carbocycles. The van der Waals surface area contributed by atoms with E-state index in [9.17, 15) is 16.8 Å². The summed E-state index contributed by atoms with van der Waals surface area (Å²) >= 11 is 0. The Morgan fingerprint density at radius 2 is 1.30 bits per heavy atom. The van der Waals surface area contributed by atoms with Gasteiger partial charge in [0.05, 0.1) is 29.7 Å². The van der Waals surface area contributed by atoms with Crippen LogP contribution < -0.4 is 18.9 Å². The summed E-state index contributed by atoms with van der Waals surface area (Å²) in [6.07, 6.45) is 0. The van der Waals surface area contributed by atoms with Gasteiger partial charge in [0.25, 0.3) is 20.0 Å². The molecular formula is C23H26N2O6S2. The number of hydrogen-bond donors (Lipinski definition) is 2. The Bertz CT molecular complexity index is 1360. The maximum Gasteiger partial charge on any atom is 0.262 e. The fourth-order valence-corrected chi connectivity index (χ4v) is 6.17. The highest BCUT2D eigenvalue weighted by atomic mass is 32.2. The van der Waals surface area contributed by atoms with E-state index in [1.807, 2.05) is 6.92 Å². The molecule has 8 nitrogen and oxygen atoms in total. The van der Waals surface area contributed by atoms with Crippen molar-refractivity contribution >= 4 is 31.4 Å². The van der Waals surface area contributed by atoms with Crippen LogP contribution in [0.3, 0.4) is 0 Å². The molecule has 3 rings (SSSR count). The molecule has 0 spiro atoms. The second-order valence-electron chi connectivity index (χ2n) is 7.53. The molecule has 176 valence electrons. The normalized spacial score (nSPS) is 11.7. The Morgan fingerprint density at radius 1 is 0.697 bits per heavy atom. The third kappa shape index (κ3) is 5.40. The summed E-state index contributed by atoms with van der Waals surface area (Å²) < 4.78 is 66.9. The van der Waals surface area contributed by atoms with E-state index in [2.05, 4.69) is 9.44 Å². The molecule has 0 saturated carbocycles. The lowest BCUT2D eigenvalue weighted by Gasteiger charge is -2.15. The lowest BCUT2D eigenvalue weighted by Crippen LogP contribution is -2.16. The number of ether oxygens (including phenoxy) is 2. The fraction of sp³-hybridized carbons (Fsp3) is 0.217. The molecule has 10 heteroatoms. The van der Waals surface area contributed by atoms with Crippen molar-refractivity contribution in [3.8, 4) is 11.5 Å². The number of nitrogens with one attached hydrogen (secondary N) is 2. The smallest absolute Gasteiger partial charge is 0.262 e. The van der Waals surface area contributed by atoms with E-state index in [0.717, 1.165) is 5.56 Å². The minimum Gasteiger partial charge on any atom is -0.497 e. The van der Waals surface area contributed by atoms with E-state index in [1.165, 1.54) is 44.6 Å². The van der Waals surface area contributed by atoms with Crippen LogP contribution in [0.5, 0.6) is 11.5 Å². The maximum absolute atomic E-state index is 12.9. The Balaban J connectivity index is 1.84. The van der Waals surface area contributed by atoms with E-state index in [-0.39, 0.29) is 21.2 Å². The summed E-state index contributed by atoms with van der Waals surface area (Å²) in [7, 11) is -4.87. The first-order valence-electron chi connectivity index (χ1n) is 9.92. The molecule has 0 unspecified atom stereocenters. The van der Waals surface area contributed by atoms with Gasteiger partial charge in [0.15, 0.2) is 0 Å². The highest BCUT2D eigenvalue weighted by Crippen LogP contribution is 2.31. The lowest BCUT2D eigenvalue weighted by molar-refractivity contribution is 0.395. The molecule has 3 aromatic rings. The summed E-state index contributed by atoms with van der Waals surface area (Å²) in [5.74, 6) is 0.816. The van der Waals surface area contributed by atoms with Crippen LogP contribution in [-0.4, -0.2) is 31.1 Å². The number of aryl methyl sites for hydroxylation is 3. The van der Waals surface area contributed by atoms with Crippen LogP contribution in [0, 0.1) is 20.8 Å². The van der Waals surface area contributed by atoms with Gasteiger partial charge in [-0.2, -0.15) is 0 Å². The maximum atomic E-state index is 12.9. The van der Waals surface area contributed by atoms with Crippen LogP contribution in [0.15, 0.2) is 64.4 Å². The first kappa shape index (κ1) is 24.4. The quantitative estimate of drug-likeness (QED) is 0.489. The van der Waals surface area contributed by atoms with E-state index < -0.39 is 20.0 Å². The van der Waals surface area contributed by atoms with Crippen LogP contribution in [0.25, 0.3) is 0 Å². The monoisotopic (exact) mass is 490 g/mol. The molecule has 2 N–H and O–H groups in total. The number of hydrogen-bond acceptors (Lipinski definition) is 6. The van der Waals surface area contributed by atoms with Crippen LogP contribution in [0.4, 0.5) is 11.4 Å². The van der Waals surface area contributed by atoms with Crippen LogP contribution in [0.2, 0.25) is 0 Å². The largest absolute Gasteiger partial charge is 0.497 e. The van der Waals surface area contributed by atoms with E-state index >= 15 is 0 Å². The second kappa shape index (κ2) is 9.32. The highest BCUT2D eigenvalue weighted by molar-refractivity contribution is 7.93. The van der Waals surface area contributed by atoms with Crippen molar-refractivity contribution < 1.29 is 26.3 Å². The second-order valence-corrected chi connectivity index (χ2v) is 10.8. The predicted octanol–water partition coefficient (Wildman–Crippen LogP) is 4.23. The third-order valence-electron chi connectivity index (χ3n) is 4.94. The molecule has 0 aromatic heterocycles. The lowest BCUT2D eigenvalue weighted by atomic mass is 10.1. The van der Waals surface area contributed by atoms with Gasteiger partial charge >= 0.3 is 0 Å². The average molecular weight is 491 g/mol. The van der Waals surface area contributed by atoms with E-state index in [1.54, 1.807) is 38.1 Å². The van der Waals surface area contributed by atoms with Gasteiger partial charge in [-0.1, -0.05) is 17.7 Å². The number of methoxy groups -OCH3 is 2. The standard InChI is InChI=1S/C23H26N2O6S2/c1-15-12-16(2)23(17(3)13-15)33(28,29)24-18-6-9-20(10-7-18)32(26,27)25-21-11-8-19(30-4)14-22(21)31-5/h6-14,24-25H,1-5H3. The predicted molar refractivity (Wildman–Crippen MR) is 128 cm³/mol. The Hall–Kier alpha value is -3.24. The van der Waals surface area contributed by atoms with Crippen molar-refractivity contribution in [2.75, 3.05) is 23.7 Å². The molecular weight excluding hydrogens is 464 g/mol. The zero-order chi connectivity index (χ0) is 24.4. The minimum absolute atomic E-state index is 0.0361. The molecule has 33 heavy (non-hydrogen) atoms.